The molecule has 45 heavy (non-hydrogen) atoms. The fraction of sp³-hybridized carbons (Fsp3) is 0.353. The van der Waals surface area contributed by atoms with E-state index >= 15 is 0 Å². The van der Waals surface area contributed by atoms with Gasteiger partial charge < -0.3 is 9.80 Å². The quantitative estimate of drug-likeness (QED) is 0.171. The standard InChI is InChI=1S/C16H13F3N2.C14H17FN4O.2C2H6/c1-11-14(12-5-3-2-4-6-12)10-20-15-9-13(16(17,18)19)7-8-21(11)15;1-2-16-13(4-3-7-15)14-6-9-19(17-14)10-12-5-8-18(12)11-20;2*1-2/h2-9H,10H2,1H3;2-4,6,9,11-12H,1,5,7-8,10H2;2*1-2H3/b;4-3-,16-13?;;/t;12-;;/m.0../s1. The van der Waals surface area contributed by atoms with E-state index in [4.69, 9.17) is 0 Å². The first kappa shape index (κ1) is 36.7. The van der Waals surface area contributed by atoms with Crippen LogP contribution in [-0.4, -0.2) is 69.5 Å². The Kier molecular flexibility index (Phi) is 14.9. The van der Waals surface area contributed by atoms with E-state index < -0.39 is 18.4 Å². The van der Waals surface area contributed by atoms with Crippen LogP contribution >= 0.6 is 0 Å². The summed E-state index contributed by atoms with van der Waals surface area (Å²) in [6.45, 7) is 14.7. The Morgan fingerprint density at radius 2 is 1.84 bits per heavy atom. The molecule has 0 N–H and O–H groups in total. The van der Waals surface area contributed by atoms with Crippen molar-refractivity contribution in [2.24, 2.45) is 9.98 Å². The molecule has 0 radical (unpaired) electrons. The summed E-state index contributed by atoms with van der Waals surface area (Å²) in [6, 6.07) is 11.8. The first-order valence-electron chi connectivity index (χ1n) is 15.0. The van der Waals surface area contributed by atoms with Gasteiger partial charge in [-0.25, -0.2) is 4.39 Å². The van der Waals surface area contributed by atoms with Crippen molar-refractivity contribution in [3.63, 3.8) is 0 Å². The summed E-state index contributed by atoms with van der Waals surface area (Å²) in [5.74, 6) is 0.335. The zero-order valence-corrected chi connectivity index (χ0v) is 26.5. The van der Waals surface area contributed by atoms with Crippen LogP contribution in [0, 0.1) is 0 Å². The topological polar surface area (TPSA) is 66.1 Å². The lowest BCUT2D eigenvalue weighted by molar-refractivity contribution is -0.125. The number of hydrogen-bond donors (Lipinski definition) is 0. The molecule has 1 fully saturated rings. The van der Waals surface area contributed by atoms with Crippen LogP contribution in [0.5, 0.6) is 0 Å². The van der Waals surface area contributed by atoms with Gasteiger partial charge in [0.25, 0.3) is 0 Å². The van der Waals surface area contributed by atoms with Crippen molar-refractivity contribution >= 4 is 23.5 Å². The molecule has 242 valence electrons. The Morgan fingerprint density at radius 1 is 1.13 bits per heavy atom. The normalized spacial score (nSPS) is 17.4. The molecule has 2 aromatic rings. The first-order valence-corrected chi connectivity index (χ1v) is 15.0. The Labute approximate surface area is 263 Å². The minimum atomic E-state index is -4.34. The second-order valence-electron chi connectivity index (χ2n) is 9.35. The highest BCUT2D eigenvalue weighted by Gasteiger charge is 2.35. The fourth-order valence-electron chi connectivity index (χ4n) is 4.49. The number of amides is 1. The summed E-state index contributed by atoms with van der Waals surface area (Å²) in [5, 5.41) is 4.39. The molecule has 3 aliphatic heterocycles. The van der Waals surface area contributed by atoms with E-state index in [1.807, 2.05) is 77.2 Å². The van der Waals surface area contributed by atoms with Crippen LogP contribution in [-0.2, 0) is 11.3 Å². The molecule has 0 saturated carbocycles. The van der Waals surface area contributed by atoms with Gasteiger partial charge in [0.05, 0.1) is 30.4 Å². The van der Waals surface area contributed by atoms with Gasteiger partial charge in [-0.2, -0.15) is 18.3 Å². The third kappa shape index (κ3) is 9.99. The van der Waals surface area contributed by atoms with Crippen LogP contribution < -0.4 is 0 Å². The van der Waals surface area contributed by atoms with Crippen LogP contribution in [0.25, 0.3) is 5.57 Å². The largest absolute Gasteiger partial charge is 0.416 e. The number of nitrogens with zero attached hydrogens (tertiary/aromatic N) is 6. The lowest BCUT2D eigenvalue weighted by Gasteiger charge is -2.37. The molecule has 1 amide bonds. The Bertz CT molecular complexity index is 1430. The van der Waals surface area contributed by atoms with Crippen molar-refractivity contribution in [3.05, 3.63) is 108 Å². The number of aliphatic imine (C=N–C) groups is 2. The van der Waals surface area contributed by atoms with Gasteiger partial charge in [-0.1, -0.05) is 70.7 Å². The van der Waals surface area contributed by atoms with E-state index in [0.29, 0.717) is 30.3 Å². The third-order valence-corrected chi connectivity index (χ3v) is 6.80. The zero-order chi connectivity index (χ0) is 33.4. The monoisotopic (exact) mass is 626 g/mol. The van der Waals surface area contributed by atoms with Crippen molar-refractivity contribution in [1.82, 2.24) is 19.6 Å². The predicted octanol–water partition coefficient (Wildman–Crippen LogP) is 7.77. The fourth-order valence-corrected chi connectivity index (χ4v) is 4.49. The van der Waals surface area contributed by atoms with Crippen molar-refractivity contribution in [2.75, 3.05) is 19.8 Å². The van der Waals surface area contributed by atoms with E-state index in [2.05, 4.69) is 21.7 Å². The van der Waals surface area contributed by atoms with Gasteiger partial charge in [0, 0.05) is 36.4 Å². The zero-order valence-electron chi connectivity index (χ0n) is 26.5. The van der Waals surface area contributed by atoms with Gasteiger partial charge in [0.15, 0.2) is 0 Å². The molecule has 3 aliphatic rings. The lowest BCUT2D eigenvalue weighted by atomic mass is 10.0. The third-order valence-electron chi connectivity index (χ3n) is 6.80. The maximum absolute atomic E-state index is 12.7. The van der Waals surface area contributed by atoms with Gasteiger partial charge in [0.2, 0.25) is 6.41 Å². The number of allylic oxidation sites excluding steroid dienone is 5. The first-order chi connectivity index (χ1) is 21.7. The number of fused-ring (bicyclic) bond motifs is 1. The number of aromatic nitrogens is 2. The van der Waals surface area contributed by atoms with Crippen LogP contribution in [0.1, 0.15) is 52.3 Å². The summed E-state index contributed by atoms with van der Waals surface area (Å²) in [6.07, 6.45) is 7.30. The minimum Gasteiger partial charge on any atom is -0.340 e. The minimum absolute atomic E-state index is 0.210. The summed E-state index contributed by atoms with van der Waals surface area (Å²) >= 11 is 0. The van der Waals surface area contributed by atoms with E-state index in [1.165, 1.54) is 18.5 Å². The number of hydrogen-bond acceptors (Lipinski definition) is 5. The summed E-state index contributed by atoms with van der Waals surface area (Å²) in [7, 11) is 0. The number of likely N-dealkylation sites (tertiary alicyclic amines) is 1. The SMILES string of the molecule is C=CN=C(/C=C\CF)c1ccn(C[C@@H]2CCN2C=O)n1.CC.CC.CC1=C(c2ccccc2)CN=C2C=C(C(F)(F)F)C=CN21. The van der Waals surface area contributed by atoms with Crippen LogP contribution in [0.4, 0.5) is 17.6 Å². The summed E-state index contributed by atoms with van der Waals surface area (Å²) in [4.78, 5) is 22.5. The van der Waals surface area contributed by atoms with E-state index in [0.717, 1.165) is 48.4 Å². The van der Waals surface area contributed by atoms with Crippen LogP contribution in [0.3, 0.4) is 0 Å². The average molecular weight is 627 g/mol. The molecule has 0 spiro atoms. The molecule has 1 aromatic heterocycles. The highest BCUT2D eigenvalue weighted by atomic mass is 19.4. The molecule has 0 bridgehead atoms. The lowest BCUT2D eigenvalue weighted by Crippen LogP contribution is -2.48. The van der Waals surface area contributed by atoms with Gasteiger partial charge >= 0.3 is 6.18 Å². The molecule has 5 rings (SSSR count). The Hall–Kier alpha value is -4.54. The van der Waals surface area contributed by atoms with E-state index in [9.17, 15) is 22.4 Å². The molecule has 1 atom stereocenters. The van der Waals surface area contributed by atoms with Crippen LogP contribution in [0.15, 0.2) is 107 Å². The maximum Gasteiger partial charge on any atom is 0.416 e. The van der Waals surface area contributed by atoms with E-state index in [1.54, 1.807) is 20.6 Å². The number of alkyl halides is 4. The van der Waals surface area contributed by atoms with Crippen molar-refractivity contribution in [3.8, 4) is 0 Å². The number of carbonyl (C=O) groups is 1. The molecule has 7 nitrogen and oxygen atoms in total. The predicted molar refractivity (Wildman–Crippen MR) is 174 cm³/mol. The molecule has 11 heteroatoms. The highest BCUT2D eigenvalue weighted by Crippen LogP contribution is 2.33. The molecular weight excluding hydrogens is 584 g/mol. The second kappa shape index (κ2) is 18.3. The van der Waals surface area contributed by atoms with Gasteiger partial charge in [-0.05, 0) is 43.2 Å². The molecule has 0 unspecified atom stereocenters. The Morgan fingerprint density at radius 3 is 2.42 bits per heavy atom. The smallest absolute Gasteiger partial charge is 0.340 e. The number of halogens is 4. The van der Waals surface area contributed by atoms with Crippen molar-refractivity contribution in [1.29, 1.82) is 0 Å². The Balaban J connectivity index is 0.000000283. The summed E-state index contributed by atoms with van der Waals surface area (Å²) in [5.41, 5.74) is 3.52. The maximum atomic E-state index is 12.7. The molecule has 1 aromatic carbocycles. The average Bonchev–Trinajstić information content (AvgIpc) is 3.52. The van der Waals surface area contributed by atoms with Gasteiger partial charge in [-0.15, -0.1) is 0 Å². The molecule has 4 heterocycles. The highest BCUT2D eigenvalue weighted by molar-refractivity contribution is 6.07. The molecule has 0 aliphatic carbocycles. The molecule has 1 saturated heterocycles. The molecular formula is C34H42F4N6O. The van der Waals surface area contributed by atoms with E-state index in [-0.39, 0.29) is 6.04 Å². The summed E-state index contributed by atoms with van der Waals surface area (Å²) < 4.78 is 52.2. The number of carbonyl (C=O) groups excluding carboxylic acids is 1. The second-order valence-corrected chi connectivity index (χ2v) is 9.35. The van der Waals surface area contributed by atoms with Crippen molar-refractivity contribution in [2.45, 2.75) is 59.8 Å². The number of amidine groups is 1. The van der Waals surface area contributed by atoms with Crippen molar-refractivity contribution < 1.29 is 22.4 Å². The van der Waals surface area contributed by atoms with Gasteiger partial charge in [0.1, 0.15) is 18.2 Å². The number of rotatable bonds is 8. The van der Waals surface area contributed by atoms with Gasteiger partial charge in [-0.3, -0.25) is 19.5 Å². The number of benzene rings is 1. The van der Waals surface area contributed by atoms with Crippen LogP contribution in [0.2, 0.25) is 0 Å².